The molecule has 2 atom stereocenters. The summed E-state index contributed by atoms with van der Waals surface area (Å²) in [4.78, 5) is 25.2. The van der Waals surface area contributed by atoms with Crippen molar-refractivity contribution in [2.75, 3.05) is 13.1 Å². The Hall–Kier alpha value is -1.47. The fourth-order valence-electron chi connectivity index (χ4n) is 3.19. The van der Waals surface area contributed by atoms with E-state index in [4.69, 9.17) is 0 Å². The lowest BCUT2D eigenvalue weighted by Crippen LogP contribution is -2.46. The Bertz CT molecular complexity index is 525. The predicted molar refractivity (Wildman–Crippen MR) is 76.1 cm³/mol. The van der Waals surface area contributed by atoms with Gasteiger partial charge in [0.1, 0.15) is 0 Å². The molecule has 0 spiro atoms. The largest absolute Gasteiger partial charge is 0.333 e. The monoisotopic (exact) mass is 295 g/mol. The minimum absolute atomic E-state index is 0.0306. The van der Waals surface area contributed by atoms with Gasteiger partial charge in [0, 0.05) is 24.7 Å². The maximum Gasteiger partial charge on any atom is 0.324 e. The van der Waals surface area contributed by atoms with Gasteiger partial charge in [-0.15, -0.1) is 0 Å². The quantitative estimate of drug-likeness (QED) is 0.683. The Labute approximate surface area is 120 Å². The molecule has 1 N–H and O–H groups in total. The summed E-state index contributed by atoms with van der Waals surface area (Å²) < 4.78 is 0. The third-order valence-corrected chi connectivity index (χ3v) is 5.13. The number of nitrogens with one attached hydrogen (secondary N) is 1. The van der Waals surface area contributed by atoms with Crippen molar-refractivity contribution in [3.8, 4) is 0 Å². The molecule has 0 aromatic carbocycles. The van der Waals surface area contributed by atoms with Crippen LogP contribution in [0.15, 0.2) is 12.1 Å². The van der Waals surface area contributed by atoms with Crippen LogP contribution in [0.4, 0.5) is 5.00 Å². The number of nitro groups is 1. The summed E-state index contributed by atoms with van der Waals surface area (Å²) in [5.41, 5.74) is 0. The Morgan fingerprint density at radius 1 is 1.40 bits per heavy atom. The van der Waals surface area contributed by atoms with E-state index in [1.165, 1.54) is 6.07 Å². The summed E-state index contributed by atoms with van der Waals surface area (Å²) >= 11 is 0.970. The summed E-state index contributed by atoms with van der Waals surface area (Å²) in [7, 11) is 0. The molecule has 2 fully saturated rings. The minimum atomic E-state index is -0.443. The first-order chi connectivity index (χ1) is 9.66. The first-order valence-electron chi connectivity index (χ1n) is 6.95. The molecule has 3 heterocycles. The van der Waals surface area contributed by atoms with Gasteiger partial charge >= 0.3 is 5.00 Å². The summed E-state index contributed by atoms with van der Waals surface area (Å²) in [6.07, 6.45) is 4.31. The van der Waals surface area contributed by atoms with Gasteiger partial charge in [-0.05, 0) is 38.3 Å². The lowest BCUT2D eigenvalue weighted by atomic mass is 10.0. The third kappa shape index (κ3) is 2.43. The van der Waals surface area contributed by atoms with Gasteiger partial charge in [-0.2, -0.15) is 0 Å². The van der Waals surface area contributed by atoms with Gasteiger partial charge in [0.25, 0.3) is 5.91 Å². The van der Waals surface area contributed by atoms with Gasteiger partial charge in [-0.3, -0.25) is 14.9 Å². The highest BCUT2D eigenvalue weighted by Crippen LogP contribution is 2.30. The number of carbonyl (C=O) groups is 1. The Morgan fingerprint density at radius 2 is 2.25 bits per heavy atom. The molecule has 0 radical (unpaired) electrons. The molecular weight excluding hydrogens is 278 g/mol. The highest BCUT2D eigenvalue weighted by molar-refractivity contribution is 7.17. The summed E-state index contributed by atoms with van der Waals surface area (Å²) in [5.74, 6) is -0.0562. The number of nitrogens with zero attached hydrogens (tertiary/aromatic N) is 2. The van der Waals surface area contributed by atoms with Crippen LogP contribution in [0.1, 0.15) is 35.4 Å². The zero-order chi connectivity index (χ0) is 14.1. The molecule has 1 aromatic rings. The molecule has 7 heteroatoms. The molecular formula is C13H17N3O3S. The van der Waals surface area contributed by atoms with E-state index in [0.717, 1.165) is 50.1 Å². The number of likely N-dealkylation sites (tertiary alicyclic amines) is 1. The van der Waals surface area contributed by atoms with E-state index in [9.17, 15) is 14.9 Å². The minimum Gasteiger partial charge on any atom is -0.333 e. The maximum atomic E-state index is 12.5. The molecule has 6 nitrogen and oxygen atoms in total. The molecule has 20 heavy (non-hydrogen) atoms. The highest BCUT2D eigenvalue weighted by atomic mass is 32.1. The second-order valence-corrected chi connectivity index (χ2v) is 6.37. The van der Waals surface area contributed by atoms with Crippen LogP contribution < -0.4 is 5.32 Å². The maximum absolute atomic E-state index is 12.5. The lowest BCUT2D eigenvalue weighted by Gasteiger charge is -2.29. The van der Waals surface area contributed by atoms with Gasteiger partial charge in [0.05, 0.1) is 9.80 Å². The summed E-state index contributed by atoms with van der Waals surface area (Å²) in [5, 5.41) is 14.2. The Kier molecular flexibility index (Phi) is 3.71. The number of thiophene rings is 1. The van der Waals surface area contributed by atoms with E-state index in [2.05, 4.69) is 5.32 Å². The van der Waals surface area contributed by atoms with Gasteiger partial charge in [0.2, 0.25) is 0 Å². The second-order valence-electron chi connectivity index (χ2n) is 5.31. The molecule has 2 saturated heterocycles. The zero-order valence-electron chi connectivity index (χ0n) is 11.1. The summed E-state index contributed by atoms with van der Waals surface area (Å²) in [6.45, 7) is 1.78. The molecule has 108 valence electrons. The van der Waals surface area contributed by atoms with Crippen LogP contribution in [0.5, 0.6) is 0 Å². The van der Waals surface area contributed by atoms with E-state index in [0.29, 0.717) is 10.9 Å². The van der Waals surface area contributed by atoms with Crippen LogP contribution in [0.25, 0.3) is 0 Å². The van der Waals surface area contributed by atoms with Gasteiger partial charge in [-0.25, -0.2) is 0 Å². The smallest absolute Gasteiger partial charge is 0.324 e. The van der Waals surface area contributed by atoms with Crippen LogP contribution in [-0.2, 0) is 0 Å². The van der Waals surface area contributed by atoms with Gasteiger partial charge < -0.3 is 10.2 Å². The predicted octanol–water partition coefficient (Wildman–Crippen LogP) is 2.01. The topological polar surface area (TPSA) is 75.5 Å². The Balaban J connectivity index is 1.76. The standard InChI is InChI=1S/C13H17N3O3S/c17-13(11-5-6-12(20-11)16(18)19)15-8-2-4-10(15)9-3-1-7-14-9/h5-6,9-10,14H,1-4,7-8H2. The molecule has 1 amide bonds. The molecule has 1 aromatic heterocycles. The van der Waals surface area contributed by atoms with Crippen molar-refractivity contribution >= 4 is 22.2 Å². The first-order valence-corrected chi connectivity index (χ1v) is 7.77. The van der Waals surface area contributed by atoms with Crippen LogP contribution >= 0.6 is 11.3 Å². The summed E-state index contributed by atoms with van der Waals surface area (Å²) in [6, 6.07) is 3.61. The molecule has 0 saturated carbocycles. The van der Waals surface area contributed by atoms with E-state index < -0.39 is 4.92 Å². The van der Waals surface area contributed by atoms with Crippen molar-refractivity contribution in [1.29, 1.82) is 0 Å². The SMILES string of the molecule is O=C(c1ccc([N+](=O)[O-])s1)N1CCCC1C1CCCN1. The molecule has 2 unspecified atom stereocenters. The average molecular weight is 295 g/mol. The number of rotatable bonds is 3. The highest BCUT2D eigenvalue weighted by Gasteiger charge is 2.36. The molecule has 2 aliphatic rings. The number of carbonyl (C=O) groups excluding carboxylic acids is 1. The molecule has 2 aliphatic heterocycles. The Morgan fingerprint density at radius 3 is 2.90 bits per heavy atom. The fourth-order valence-corrected chi connectivity index (χ4v) is 3.96. The van der Waals surface area contributed by atoms with E-state index in [1.807, 2.05) is 4.90 Å². The fraction of sp³-hybridized carbons (Fsp3) is 0.615. The van der Waals surface area contributed by atoms with Gasteiger partial charge in [-0.1, -0.05) is 11.3 Å². The van der Waals surface area contributed by atoms with Crippen molar-refractivity contribution in [2.45, 2.75) is 37.8 Å². The second kappa shape index (κ2) is 5.49. The first kappa shape index (κ1) is 13.5. The molecule has 3 rings (SSSR count). The van der Waals surface area contributed by atoms with Gasteiger partial charge in [0.15, 0.2) is 0 Å². The number of amides is 1. The third-order valence-electron chi connectivity index (χ3n) is 4.11. The van der Waals surface area contributed by atoms with Crippen molar-refractivity contribution in [2.24, 2.45) is 0 Å². The molecule has 0 bridgehead atoms. The molecule has 0 aliphatic carbocycles. The number of hydrogen-bond donors (Lipinski definition) is 1. The lowest BCUT2D eigenvalue weighted by molar-refractivity contribution is -0.380. The van der Waals surface area contributed by atoms with E-state index in [1.54, 1.807) is 6.07 Å². The van der Waals surface area contributed by atoms with Crippen molar-refractivity contribution in [3.63, 3.8) is 0 Å². The normalized spacial score (nSPS) is 26.1. The van der Waals surface area contributed by atoms with E-state index >= 15 is 0 Å². The van der Waals surface area contributed by atoms with Crippen molar-refractivity contribution in [3.05, 3.63) is 27.1 Å². The van der Waals surface area contributed by atoms with E-state index in [-0.39, 0.29) is 17.0 Å². The van der Waals surface area contributed by atoms with Crippen LogP contribution in [0.3, 0.4) is 0 Å². The van der Waals surface area contributed by atoms with Crippen molar-refractivity contribution < 1.29 is 9.72 Å². The van der Waals surface area contributed by atoms with Crippen LogP contribution in [0, 0.1) is 10.1 Å². The van der Waals surface area contributed by atoms with Crippen molar-refractivity contribution in [1.82, 2.24) is 10.2 Å². The number of hydrogen-bond acceptors (Lipinski definition) is 5. The van der Waals surface area contributed by atoms with Crippen LogP contribution in [-0.4, -0.2) is 40.9 Å². The van der Waals surface area contributed by atoms with Crippen LogP contribution in [0.2, 0.25) is 0 Å². The zero-order valence-corrected chi connectivity index (χ0v) is 11.9. The average Bonchev–Trinajstić information content (AvgIpc) is 3.17.